The first kappa shape index (κ1) is 15.1. The van der Waals surface area contributed by atoms with E-state index < -0.39 is 9.84 Å². The van der Waals surface area contributed by atoms with Gasteiger partial charge in [-0.1, -0.05) is 24.9 Å². The van der Waals surface area contributed by atoms with Crippen molar-refractivity contribution in [3.05, 3.63) is 24.2 Å². The summed E-state index contributed by atoms with van der Waals surface area (Å²) in [6, 6.07) is 3.09. The van der Waals surface area contributed by atoms with E-state index >= 15 is 0 Å². The van der Waals surface area contributed by atoms with Gasteiger partial charge in [0.25, 0.3) is 5.89 Å². The van der Waals surface area contributed by atoms with Gasteiger partial charge in [-0.15, -0.1) is 0 Å². The maximum Gasteiger partial charge on any atom is 0.277 e. The Morgan fingerprint density at radius 1 is 1.23 bits per heavy atom. The standard InChI is InChI=1S/C15H19N3O3S/c1-10-5-7-11(8-6-10)14-17-15(21-18-14)13-12(22(2,19)20)4-3-9-16-13/h3-4,9-11H,5-8H2,1-2H3. The van der Waals surface area contributed by atoms with E-state index in [1.165, 1.54) is 12.3 Å². The molecule has 0 spiro atoms. The van der Waals surface area contributed by atoms with Gasteiger partial charge in [0.1, 0.15) is 5.69 Å². The second-order valence-corrected chi connectivity index (χ2v) is 8.02. The molecule has 2 aromatic rings. The van der Waals surface area contributed by atoms with Crippen molar-refractivity contribution in [1.29, 1.82) is 0 Å². The summed E-state index contributed by atoms with van der Waals surface area (Å²) < 4.78 is 29.0. The summed E-state index contributed by atoms with van der Waals surface area (Å²) in [6.45, 7) is 2.25. The van der Waals surface area contributed by atoms with Crippen molar-refractivity contribution >= 4 is 9.84 Å². The fourth-order valence-electron chi connectivity index (χ4n) is 2.87. The second kappa shape index (κ2) is 5.79. The van der Waals surface area contributed by atoms with Crippen LogP contribution in [-0.4, -0.2) is 29.8 Å². The van der Waals surface area contributed by atoms with Crippen LogP contribution < -0.4 is 0 Å². The number of sulfone groups is 1. The minimum absolute atomic E-state index is 0.113. The minimum Gasteiger partial charge on any atom is -0.332 e. The molecule has 3 rings (SSSR count). The molecule has 0 N–H and O–H groups in total. The molecule has 0 radical (unpaired) electrons. The Morgan fingerprint density at radius 3 is 2.64 bits per heavy atom. The normalized spacial score (nSPS) is 22.6. The number of rotatable bonds is 3. The van der Waals surface area contributed by atoms with Crippen LogP contribution >= 0.6 is 0 Å². The Kier molecular flexibility index (Phi) is 3.99. The van der Waals surface area contributed by atoms with Gasteiger partial charge < -0.3 is 4.52 Å². The summed E-state index contributed by atoms with van der Waals surface area (Å²) >= 11 is 0. The third-order valence-electron chi connectivity index (χ3n) is 4.20. The molecule has 6 nitrogen and oxygen atoms in total. The summed E-state index contributed by atoms with van der Waals surface area (Å²) in [6.07, 6.45) is 7.07. The van der Waals surface area contributed by atoms with Crippen LogP contribution in [0.4, 0.5) is 0 Å². The molecule has 1 aliphatic carbocycles. The quantitative estimate of drug-likeness (QED) is 0.864. The predicted octanol–water partition coefficient (Wildman–Crippen LogP) is 2.83. The third-order valence-corrected chi connectivity index (χ3v) is 5.32. The molecule has 0 amide bonds. The fraction of sp³-hybridized carbons (Fsp3) is 0.533. The monoisotopic (exact) mass is 321 g/mol. The summed E-state index contributed by atoms with van der Waals surface area (Å²) in [4.78, 5) is 8.62. The molecule has 2 aromatic heterocycles. The molecule has 0 bridgehead atoms. The predicted molar refractivity (Wildman–Crippen MR) is 81.0 cm³/mol. The highest BCUT2D eigenvalue weighted by atomic mass is 32.2. The largest absolute Gasteiger partial charge is 0.332 e. The lowest BCUT2D eigenvalue weighted by molar-refractivity contribution is 0.328. The van der Waals surface area contributed by atoms with Crippen LogP contribution in [0, 0.1) is 5.92 Å². The summed E-state index contributed by atoms with van der Waals surface area (Å²) in [5.41, 5.74) is 0.230. The molecule has 1 aliphatic rings. The maximum absolute atomic E-state index is 11.8. The Bertz CT molecular complexity index is 762. The average Bonchev–Trinajstić information content (AvgIpc) is 2.97. The van der Waals surface area contributed by atoms with E-state index in [1.54, 1.807) is 6.07 Å². The van der Waals surface area contributed by atoms with Gasteiger partial charge in [0.05, 0.1) is 4.90 Å². The van der Waals surface area contributed by atoms with Crippen molar-refractivity contribution in [2.45, 2.75) is 43.4 Å². The molecule has 118 valence electrons. The molecule has 1 saturated carbocycles. The van der Waals surface area contributed by atoms with Crippen LogP contribution in [0.5, 0.6) is 0 Å². The van der Waals surface area contributed by atoms with Crippen molar-refractivity contribution in [3.8, 4) is 11.6 Å². The zero-order valence-electron chi connectivity index (χ0n) is 12.7. The zero-order chi connectivity index (χ0) is 15.7. The van der Waals surface area contributed by atoms with E-state index in [0.29, 0.717) is 11.7 Å². The first-order chi connectivity index (χ1) is 10.4. The molecular formula is C15H19N3O3S. The number of pyridine rings is 1. The zero-order valence-corrected chi connectivity index (χ0v) is 13.5. The maximum atomic E-state index is 11.8. The highest BCUT2D eigenvalue weighted by Crippen LogP contribution is 2.35. The fourth-order valence-corrected chi connectivity index (χ4v) is 3.68. The smallest absolute Gasteiger partial charge is 0.277 e. The molecule has 22 heavy (non-hydrogen) atoms. The summed E-state index contributed by atoms with van der Waals surface area (Å²) in [5, 5.41) is 4.04. The van der Waals surface area contributed by atoms with Crippen LogP contribution in [0.15, 0.2) is 27.7 Å². The second-order valence-electron chi connectivity index (χ2n) is 6.04. The molecule has 0 atom stereocenters. The number of aromatic nitrogens is 3. The summed E-state index contributed by atoms with van der Waals surface area (Å²) in [7, 11) is -3.39. The van der Waals surface area contributed by atoms with E-state index in [0.717, 1.165) is 37.9 Å². The van der Waals surface area contributed by atoms with Crippen molar-refractivity contribution < 1.29 is 12.9 Å². The van der Waals surface area contributed by atoms with Gasteiger partial charge in [-0.25, -0.2) is 13.4 Å². The third kappa shape index (κ3) is 3.04. The van der Waals surface area contributed by atoms with Crippen molar-refractivity contribution in [3.63, 3.8) is 0 Å². The first-order valence-electron chi connectivity index (χ1n) is 7.44. The van der Waals surface area contributed by atoms with E-state index in [-0.39, 0.29) is 16.5 Å². The van der Waals surface area contributed by atoms with Gasteiger partial charge in [0.2, 0.25) is 0 Å². The van der Waals surface area contributed by atoms with Gasteiger partial charge in [-0.2, -0.15) is 4.98 Å². The molecule has 0 aliphatic heterocycles. The summed E-state index contributed by atoms with van der Waals surface area (Å²) in [5.74, 6) is 1.87. The molecule has 7 heteroatoms. The van der Waals surface area contributed by atoms with E-state index in [9.17, 15) is 8.42 Å². The Labute approximate surface area is 129 Å². The molecule has 0 saturated heterocycles. The molecule has 2 heterocycles. The van der Waals surface area contributed by atoms with Gasteiger partial charge in [0.15, 0.2) is 15.7 Å². The van der Waals surface area contributed by atoms with Crippen LogP contribution in [0.3, 0.4) is 0 Å². The van der Waals surface area contributed by atoms with E-state index in [2.05, 4.69) is 22.0 Å². The Hall–Kier alpha value is -1.76. The van der Waals surface area contributed by atoms with Crippen molar-refractivity contribution in [1.82, 2.24) is 15.1 Å². The Morgan fingerprint density at radius 2 is 1.95 bits per heavy atom. The number of hydrogen-bond donors (Lipinski definition) is 0. The van der Waals surface area contributed by atoms with Crippen LogP contribution in [0.1, 0.15) is 44.3 Å². The molecule has 0 unspecified atom stereocenters. The van der Waals surface area contributed by atoms with Crippen LogP contribution in [-0.2, 0) is 9.84 Å². The average molecular weight is 321 g/mol. The lowest BCUT2D eigenvalue weighted by Crippen LogP contribution is -2.12. The van der Waals surface area contributed by atoms with Crippen LogP contribution in [0.2, 0.25) is 0 Å². The van der Waals surface area contributed by atoms with Crippen LogP contribution in [0.25, 0.3) is 11.6 Å². The minimum atomic E-state index is -3.39. The van der Waals surface area contributed by atoms with Gasteiger partial charge in [-0.3, -0.25) is 0 Å². The Balaban J connectivity index is 1.92. The van der Waals surface area contributed by atoms with E-state index in [1.807, 2.05) is 0 Å². The topological polar surface area (TPSA) is 86.0 Å². The van der Waals surface area contributed by atoms with Crippen molar-refractivity contribution in [2.75, 3.05) is 6.26 Å². The SMILES string of the molecule is CC1CCC(c2noc(-c3ncccc3S(C)(=O)=O)n2)CC1. The van der Waals surface area contributed by atoms with Crippen molar-refractivity contribution in [2.24, 2.45) is 5.92 Å². The highest BCUT2D eigenvalue weighted by molar-refractivity contribution is 7.90. The number of nitrogens with zero attached hydrogens (tertiary/aromatic N) is 3. The molecule has 1 fully saturated rings. The number of hydrogen-bond acceptors (Lipinski definition) is 6. The van der Waals surface area contributed by atoms with Gasteiger partial charge in [-0.05, 0) is 30.9 Å². The van der Waals surface area contributed by atoms with Gasteiger partial charge in [0, 0.05) is 18.4 Å². The molecule has 0 aromatic carbocycles. The molecular weight excluding hydrogens is 302 g/mol. The first-order valence-corrected chi connectivity index (χ1v) is 9.33. The lowest BCUT2D eigenvalue weighted by Gasteiger charge is -2.23. The van der Waals surface area contributed by atoms with E-state index in [4.69, 9.17) is 4.52 Å². The lowest BCUT2D eigenvalue weighted by atomic mass is 9.83. The van der Waals surface area contributed by atoms with Gasteiger partial charge >= 0.3 is 0 Å². The highest BCUT2D eigenvalue weighted by Gasteiger charge is 2.26.